The first-order chi connectivity index (χ1) is 16.6. The van der Waals surface area contributed by atoms with Crippen LogP contribution in [-0.2, 0) is 14.8 Å². The van der Waals surface area contributed by atoms with Crippen LogP contribution >= 0.6 is 34.7 Å². The molecule has 2 aromatic carbocycles. The van der Waals surface area contributed by atoms with E-state index < -0.39 is 22.6 Å². The van der Waals surface area contributed by atoms with Gasteiger partial charge in [0.25, 0.3) is 10.0 Å². The molecular formula is C25H30ClNO5S3. The fraction of sp³-hybridized carbons (Fsp3) is 0.400. The Hall–Kier alpha value is -1.78. The summed E-state index contributed by atoms with van der Waals surface area (Å²) in [5, 5.41) is 10.3. The molecule has 0 unspecified atom stereocenters. The van der Waals surface area contributed by atoms with E-state index in [4.69, 9.17) is 21.4 Å². The van der Waals surface area contributed by atoms with Gasteiger partial charge in [0.05, 0.1) is 0 Å². The molecule has 0 saturated heterocycles. The third kappa shape index (κ3) is 6.71. The normalized spacial score (nSPS) is 12.9. The van der Waals surface area contributed by atoms with Gasteiger partial charge in [-0.1, -0.05) is 25.4 Å². The number of nitrogens with zero attached hydrogens (tertiary/aromatic N) is 1. The summed E-state index contributed by atoms with van der Waals surface area (Å²) >= 11 is 9.06. The zero-order valence-corrected chi connectivity index (χ0v) is 23.4. The van der Waals surface area contributed by atoms with Crippen molar-refractivity contribution in [2.24, 2.45) is 0 Å². The predicted octanol–water partition coefficient (Wildman–Crippen LogP) is 6.61. The Morgan fingerprint density at radius 1 is 1.20 bits per heavy atom. The molecule has 1 heterocycles. The molecule has 3 rings (SSSR count). The topological polar surface area (TPSA) is 83.9 Å². The molecule has 0 aliphatic rings. The van der Waals surface area contributed by atoms with Gasteiger partial charge in [0.1, 0.15) is 9.96 Å². The zero-order chi connectivity index (χ0) is 25.8. The SMILES string of the molecule is CCCN(C[C@H](CC)Sc1ccc(OCC(=O)O)c(C)c1)S(=O)(=O)c1sc2ccc(Cl)cc2c1C. The summed E-state index contributed by atoms with van der Waals surface area (Å²) in [5.74, 6) is -0.497. The average molecular weight is 556 g/mol. The van der Waals surface area contributed by atoms with Crippen molar-refractivity contribution in [2.75, 3.05) is 19.7 Å². The van der Waals surface area contributed by atoms with Crippen LogP contribution in [0.15, 0.2) is 45.5 Å². The second-order valence-electron chi connectivity index (χ2n) is 8.28. The van der Waals surface area contributed by atoms with Crippen molar-refractivity contribution in [3.63, 3.8) is 0 Å². The molecule has 0 aliphatic heterocycles. The number of rotatable bonds is 12. The van der Waals surface area contributed by atoms with E-state index in [2.05, 4.69) is 6.92 Å². The molecule has 10 heteroatoms. The number of benzene rings is 2. The number of thioether (sulfide) groups is 1. The molecule has 0 spiro atoms. The summed E-state index contributed by atoms with van der Waals surface area (Å²) in [4.78, 5) is 11.8. The van der Waals surface area contributed by atoms with Crippen LogP contribution in [0.5, 0.6) is 5.75 Å². The number of sulfonamides is 1. The lowest BCUT2D eigenvalue weighted by molar-refractivity contribution is -0.139. The Bertz CT molecular complexity index is 1310. The Balaban J connectivity index is 1.83. The quantitative estimate of drug-likeness (QED) is 0.253. The third-order valence-corrected chi connectivity index (χ3v) is 10.9. The molecule has 190 valence electrons. The Morgan fingerprint density at radius 3 is 2.57 bits per heavy atom. The van der Waals surface area contributed by atoms with Gasteiger partial charge < -0.3 is 9.84 Å². The molecule has 1 aromatic heterocycles. The van der Waals surface area contributed by atoms with Crippen molar-refractivity contribution < 1.29 is 23.1 Å². The molecule has 0 fully saturated rings. The highest BCUT2D eigenvalue weighted by molar-refractivity contribution is 8.00. The number of carbonyl (C=O) groups is 1. The van der Waals surface area contributed by atoms with E-state index >= 15 is 0 Å². The molecular weight excluding hydrogens is 526 g/mol. The standard InChI is InChI=1S/C25H30ClNO5S3/c1-5-11-27(35(30,31)25-17(4)21-13-18(26)7-10-23(21)34-25)14-19(6-2)33-20-8-9-22(16(3)12-20)32-15-24(28)29/h7-10,12-13,19H,5-6,11,14-15H2,1-4H3,(H,28,29)/t19-/m0/s1. The predicted molar refractivity (Wildman–Crippen MR) is 145 cm³/mol. The van der Waals surface area contributed by atoms with Crippen LogP contribution in [0, 0.1) is 13.8 Å². The minimum absolute atomic E-state index is 0.0469. The number of fused-ring (bicyclic) bond motifs is 1. The number of aliphatic carboxylic acids is 1. The highest BCUT2D eigenvalue weighted by Gasteiger charge is 2.30. The average Bonchev–Trinajstić information content (AvgIpc) is 3.14. The largest absolute Gasteiger partial charge is 0.482 e. The summed E-state index contributed by atoms with van der Waals surface area (Å²) in [7, 11) is -3.68. The Morgan fingerprint density at radius 2 is 1.94 bits per heavy atom. The molecule has 0 saturated carbocycles. The summed E-state index contributed by atoms with van der Waals surface area (Å²) in [6.45, 7) is 8.18. The number of hydrogen-bond donors (Lipinski definition) is 1. The van der Waals surface area contributed by atoms with E-state index in [-0.39, 0.29) is 5.25 Å². The number of hydrogen-bond acceptors (Lipinski definition) is 6. The van der Waals surface area contributed by atoms with Gasteiger partial charge in [-0.25, -0.2) is 13.2 Å². The van der Waals surface area contributed by atoms with Crippen molar-refractivity contribution in [3.05, 3.63) is 52.5 Å². The van der Waals surface area contributed by atoms with Gasteiger partial charge in [-0.15, -0.1) is 23.1 Å². The van der Waals surface area contributed by atoms with Crippen LogP contribution in [0.4, 0.5) is 0 Å². The maximum Gasteiger partial charge on any atom is 0.341 e. The Kier molecular flexibility index (Phi) is 9.51. The van der Waals surface area contributed by atoms with Gasteiger partial charge in [-0.2, -0.15) is 4.31 Å². The maximum atomic E-state index is 13.8. The summed E-state index contributed by atoms with van der Waals surface area (Å²) in [6, 6.07) is 11.1. The smallest absolute Gasteiger partial charge is 0.341 e. The first-order valence-electron chi connectivity index (χ1n) is 11.4. The molecule has 0 radical (unpaired) electrons. The van der Waals surface area contributed by atoms with Crippen LogP contribution in [0.3, 0.4) is 0 Å². The van der Waals surface area contributed by atoms with Crippen molar-refractivity contribution in [3.8, 4) is 5.75 Å². The highest BCUT2D eigenvalue weighted by Crippen LogP contribution is 2.38. The van der Waals surface area contributed by atoms with E-state index in [1.807, 2.05) is 45.0 Å². The number of thiophene rings is 1. The maximum absolute atomic E-state index is 13.8. The Labute approximate surface area is 220 Å². The lowest BCUT2D eigenvalue weighted by Crippen LogP contribution is -2.37. The van der Waals surface area contributed by atoms with E-state index in [1.165, 1.54) is 11.3 Å². The van der Waals surface area contributed by atoms with Crippen LogP contribution in [-0.4, -0.2) is 48.7 Å². The summed E-state index contributed by atoms with van der Waals surface area (Å²) < 4.78 is 35.7. The zero-order valence-electron chi connectivity index (χ0n) is 20.2. The molecule has 35 heavy (non-hydrogen) atoms. The van der Waals surface area contributed by atoms with Crippen molar-refractivity contribution >= 4 is 60.8 Å². The number of carboxylic acid groups (broad SMARTS) is 1. The lowest BCUT2D eigenvalue weighted by atomic mass is 10.2. The van der Waals surface area contributed by atoms with Crippen LogP contribution in [0.2, 0.25) is 5.02 Å². The van der Waals surface area contributed by atoms with Crippen molar-refractivity contribution in [1.82, 2.24) is 4.31 Å². The number of halogens is 1. The molecule has 0 amide bonds. The molecule has 1 N–H and O–H groups in total. The van der Waals surface area contributed by atoms with E-state index in [9.17, 15) is 13.2 Å². The molecule has 0 aliphatic carbocycles. The molecule has 3 aromatic rings. The monoisotopic (exact) mass is 555 g/mol. The number of carboxylic acids is 1. The number of ether oxygens (including phenoxy) is 1. The summed E-state index contributed by atoms with van der Waals surface area (Å²) in [5.41, 5.74) is 1.57. The molecule has 0 bridgehead atoms. The van der Waals surface area contributed by atoms with Crippen LogP contribution in [0.25, 0.3) is 10.1 Å². The second-order valence-corrected chi connectivity index (χ2v) is 13.3. The number of aryl methyl sites for hydroxylation is 2. The van der Waals surface area contributed by atoms with Gasteiger partial charge in [-0.3, -0.25) is 0 Å². The van der Waals surface area contributed by atoms with Gasteiger partial charge in [0.15, 0.2) is 6.61 Å². The third-order valence-electron chi connectivity index (χ3n) is 5.56. The lowest BCUT2D eigenvalue weighted by Gasteiger charge is -2.26. The first-order valence-corrected chi connectivity index (χ1v) is 14.9. The van der Waals surface area contributed by atoms with Gasteiger partial charge in [0.2, 0.25) is 0 Å². The fourth-order valence-corrected chi connectivity index (χ4v) is 8.68. The molecule has 1 atom stereocenters. The van der Waals surface area contributed by atoms with Crippen molar-refractivity contribution in [1.29, 1.82) is 0 Å². The highest BCUT2D eigenvalue weighted by atomic mass is 35.5. The second kappa shape index (κ2) is 12.0. The van der Waals surface area contributed by atoms with Crippen molar-refractivity contribution in [2.45, 2.75) is 54.9 Å². The molecule has 6 nitrogen and oxygen atoms in total. The van der Waals surface area contributed by atoms with E-state index in [0.29, 0.717) is 34.5 Å². The van der Waals surface area contributed by atoms with Gasteiger partial charge in [-0.05, 0) is 79.6 Å². The van der Waals surface area contributed by atoms with Crippen LogP contribution in [0.1, 0.15) is 37.8 Å². The first kappa shape index (κ1) is 27.8. The fourth-order valence-electron chi connectivity index (χ4n) is 3.76. The van der Waals surface area contributed by atoms with Gasteiger partial charge in [0, 0.05) is 33.0 Å². The van der Waals surface area contributed by atoms with Gasteiger partial charge >= 0.3 is 5.97 Å². The van der Waals surface area contributed by atoms with E-state index in [0.717, 1.165) is 32.5 Å². The minimum atomic E-state index is -3.68. The van der Waals surface area contributed by atoms with E-state index in [1.54, 1.807) is 28.2 Å². The van der Waals surface area contributed by atoms with Crippen LogP contribution < -0.4 is 4.74 Å². The summed E-state index contributed by atoms with van der Waals surface area (Å²) in [6.07, 6.45) is 1.50. The minimum Gasteiger partial charge on any atom is -0.482 e.